The van der Waals surface area contributed by atoms with E-state index in [1.54, 1.807) is 0 Å². The van der Waals surface area contributed by atoms with E-state index in [2.05, 4.69) is 6.58 Å². The summed E-state index contributed by atoms with van der Waals surface area (Å²) in [6.45, 7) is 4.08. The maximum Gasteiger partial charge on any atom is 0.169 e. The van der Waals surface area contributed by atoms with Crippen LogP contribution in [0.4, 0.5) is 0 Å². The normalized spacial score (nSPS) is 18.6. The van der Waals surface area contributed by atoms with Crippen molar-refractivity contribution in [2.45, 2.75) is 25.4 Å². The first-order valence-electron chi connectivity index (χ1n) is 5.54. The van der Waals surface area contributed by atoms with Gasteiger partial charge in [0.1, 0.15) is 5.76 Å². The van der Waals surface area contributed by atoms with E-state index in [-0.39, 0.29) is 12.7 Å². The number of hydrogen-bond acceptors (Lipinski definition) is 3. The first kappa shape index (κ1) is 11.0. The van der Waals surface area contributed by atoms with E-state index in [4.69, 9.17) is 14.6 Å². The van der Waals surface area contributed by atoms with Gasteiger partial charge in [-0.05, 0) is 31.4 Å². The Balaban J connectivity index is 2.01. The predicted molar refractivity (Wildman–Crippen MR) is 61.6 cm³/mol. The number of ether oxygens (including phenoxy) is 2. The molecule has 1 aromatic rings. The van der Waals surface area contributed by atoms with Crippen molar-refractivity contribution in [3.63, 3.8) is 0 Å². The van der Waals surface area contributed by atoms with Crippen LogP contribution in [0.1, 0.15) is 19.3 Å². The number of hydrogen-bond donors (Lipinski definition) is 1. The molecule has 1 heterocycles. The molecule has 0 spiro atoms. The number of benzene rings is 1. The van der Waals surface area contributed by atoms with Crippen molar-refractivity contribution in [2.24, 2.45) is 0 Å². The van der Waals surface area contributed by atoms with Crippen LogP contribution in [0.5, 0.6) is 11.5 Å². The van der Waals surface area contributed by atoms with Gasteiger partial charge in [-0.2, -0.15) is 0 Å². The Labute approximate surface area is 95.3 Å². The molecule has 1 aliphatic rings. The number of fused-ring (bicyclic) bond motifs is 1. The fourth-order valence-corrected chi connectivity index (χ4v) is 1.72. The van der Waals surface area contributed by atoms with Crippen molar-refractivity contribution in [1.29, 1.82) is 0 Å². The van der Waals surface area contributed by atoms with Crippen molar-refractivity contribution in [2.75, 3.05) is 6.61 Å². The number of aliphatic hydroxyl groups is 1. The smallest absolute Gasteiger partial charge is 0.169 e. The van der Waals surface area contributed by atoms with Crippen molar-refractivity contribution in [3.05, 3.63) is 36.6 Å². The van der Waals surface area contributed by atoms with E-state index < -0.39 is 0 Å². The Hall–Kier alpha value is -1.48. The molecular formula is C13H16O3. The summed E-state index contributed by atoms with van der Waals surface area (Å²) in [6.07, 6.45) is 2.43. The molecule has 1 unspecified atom stereocenters. The lowest BCUT2D eigenvalue weighted by Crippen LogP contribution is -2.26. The zero-order chi connectivity index (χ0) is 11.4. The summed E-state index contributed by atoms with van der Waals surface area (Å²) >= 11 is 0. The fraction of sp³-hybridized carbons (Fsp3) is 0.385. The maximum absolute atomic E-state index is 8.72. The van der Waals surface area contributed by atoms with Crippen molar-refractivity contribution < 1.29 is 14.6 Å². The Morgan fingerprint density at radius 2 is 1.94 bits per heavy atom. The lowest BCUT2D eigenvalue weighted by molar-refractivity contribution is 0.135. The maximum atomic E-state index is 8.72. The summed E-state index contributed by atoms with van der Waals surface area (Å²) in [6, 6.07) is 7.58. The van der Waals surface area contributed by atoms with Crippen LogP contribution in [0, 0.1) is 0 Å². The molecule has 3 heteroatoms. The summed E-state index contributed by atoms with van der Waals surface area (Å²) in [4.78, 5) is 0. The SMILES string of the molecule is C=C1Oc2ccccc2OC1CCCCO. The zero-order valence-electron chi connectivity index (χ0n) is 9.19. The molecule has 0 saturated heterocycles. The molecule has 1 N–H and O–H groups in total. The topological polar surface area (TPSA) is 38.7 Å². The molecule has 0 bridgehead atoms. The number of aliphatic hydroxyl groups excluding tert-OH is 1. The quantitative estimate of drug-likeness (QED) is 0.792. The summed E-state index contributed by atoms with van der Waals surface area (Å²) in [7, 11) is 0. The molecule has 2 rings (SSSR count). The molecule has 86 valence electrons. The van der Waals surface area contributed by atoms with Gasteiger partial charge in [0.05, 0.1) is 0 Å². The lowest BCUT2D eigenvalue weighted by atomic mass is 10.1. The first-order chi connectivity index (χ1) is 7.81. The van der Waals surface area contributed by atoms with Gasteiger partial charge in [-0.3, -0.25) is 0 Å². The molecule has 0 saturated carbocycles. The molecule has 1 aliphatic heterocycles. The summed E-state index contributed by atoms with van der Waals surface area (Å²) < 4.78 is 11.4. The van der Waals surface area contributed by atoms with Gasteiger partial charge in [-0.15, -0.1) is 0 Å². The molecule has 0 amide bonds. The second-order valence-electron chi connectivity index (χ2n) is 3.84. The van der Waals surface area contributed by atoms with Crippen LogP contribution >= 0.6 is 0 Å². The third kappa shape index (κ3) is 2.36. The van der Waals surface area contributed by atoms with Crippen molar-refractivity contribution in [3.8, 4) is 11.5 Å². The van der Waals surface area contributed by atoms with Crippen LogP contribution < -0.4 is 9.47 Å². The Kier molecular flexibility index (Phi) is 3.47. The first-order valence-corrected chi connectivity index (χ1v) is 5.54. The van der Waals surface area contributed by atoms with Crippen LogP contribution in [0.3, 0.4) is 0 Å². The third-order valence-electron chi connectivity index (χ3n) is 2.59. The van der Waals surface area contributed by atoms with E-state index in [0.29, 0.717) is 5.76 Å². The molecule has 0 radical (unpaired) electrons. The molecule has 16 heavy (non-hydrogen) atoms. The van der Waals surface area contributed by atoms with Crippen LogP contribution in [0.15, 0.2) is 36.6 Å². The average Bonchev–Trinajstić information content (AvgIpc) is 2.30. The highest BCUT2D eigenvalue weighted by molar-refractivity contribution is 5.43. The van der Waals surface area contributed by atoms with Crippen molar-refractivity contribution >= 4 is 0 Å². The zero-order valence-corrected chi connectivity index (χ0v) is 9.19. The van der Waals surface area contributed by atoms with Gasteiger partial charge in [0.25, 0.3) is 0 Å². The minimum absolute atomic E-state index is 0.0959. The predicted octanol–water partition coefficient (Wildman–Crippen LogP) is 2.50. The summed E-state index contributed by atoms with van der Waals surface area (Å²) in [5, 5.41) is 8.72. The van der Waals surface area contributed by atoms with Gasteiger partial charge < -0.3 is 14.6 Å². The van der Waals surface area contributed by atoms with Gasteiger partial charge >= 0.3 is 0 Å². The van der Waals surface area contributed by atoms with Gasteiger partial charge in [-0.25, -0.2) is 0 Å². The number of unbranched alkanes of at least 4 members (excludes halogenated alkanes) is 1. The van der Waals surface area contributed by atoms with E-state index in [9.17, 15) is 0 Å². The van der Waals surface area contributed by atoms with Crippen LogP contribution in [-0.2, 0) is 0 Å². The van der Waals surface area contributed by atoms with E-state index in [1.807, 2.05) is 24.3 Å². The van der Waals surface area contributed by atoms with Crippen molar-refractivity contribution in [1.82, 2.24) is 0 Å². The van der Waals surface area contributed by atoms with Gasteiger partial charge in [0.15, 0.2) is 17.6 Å². The second kappa shape index (κ2) is 5.03. The van der Waals surface area contributed by atoms with Gasteiger partial charge in [0, 0.05) is 6.61 Å². The van der Waals surface area contributed by atoms with Gasteiger partial charge in [-0.1, -0.05) is 18.7 Å². The molecule has 0 fully saturated rings. The highest BCUT2D eigenvalue weighted by Crippen LogP contribution is 2.35. The summed E-state index contributed by atoms with van der Waals surface area (Å²) in [5.74, 6) is 2.14. The molecule has 1 atom stereocenters. The second-order valence-corrected chi connectivity index (χ2v) is 3.84. The summed E-state index contributed by atoms with van der Waals surface area (Å²) in [5.41, 5.74) is 0. The monoisotopic (exact) mass is 220 g/mol. The highest BCUT2D eigenvalue weighted by Gasteiger charge is 2.23. The average molecular weight is 220 g/mol. The molecule has 1 aromatic carbocycles. The van der Waals surface area contributed by atoms with Crippen LogP contribution in [0.2, 0.25) is 0 Å². The molecule has 0 aliphatic carbocycles. The van der Waals surface area contributed by atoms with E-state index in [1.165, 1.54) is 0 Å². The van der Waals surface area contributed by atoms with E-state index >= 15 is 0 Å². The van der Waals surface area contributed by atoms with Gasteiger partial charge in [0.2, 0.25) is 0 Å². The molecule has 0 aromatic heterocycles. The Morgan fingerprint density at radius 1 is 1.19 bits per heavy atom. The number of para-hydroxylation sites is 2. The third-order valence-corrected chi connectivity index (χ3v) is 2.59. The Morgan fingerprint density at radius 3 is 2.69 bits per heavy atom. The highest BCUT2D eigenvalue weighted by atomic mass is 16.6. The number of rotatable bonds is 4. The minimum atomic E-state index is -0.0959. The fourth-order valence-electron chi connectivity index (χ4n) is 1.72. The largest absolute Gasteiger partial charge is 0.479 e. The minimum Gasteiger partial charge on any atom is -0.479 e. The van der Waals surface area contributed by atoms with Crippen LogP contribution in [0.25, 0.3) is 0 Å². The Bertz CT molecular complexity index is 373. The van der Waals surface area contributed by atoms with Crippen LogP contribution in [-0.4, -0.2) is 17.8 Å². The van der Waals surface area contributed by atoms with E-state index in [0.717, 1.165) is 30.8 Å². The molecule has 3 nitrogen and oxygen atoms in total. The molecular weight excluding hydrogens is 204 g/mol. The lowest BCUT2D eigenvalue weighted by Gasteiger charge is -2.27. The standard InChI is InChI=1S/C13H16O3/c1-10-11(6-4-5-9-14)16-13-8-3-2-7-12(13)15-10/h2-3,7-8,11,14H,1,4-6,9H2.